The molecule has 2 aliphatic rings. The predicted octanol–water partition coefficient (Wildman–Crippen LogP) is 2.57. The number of benzene rings is 1. The molecule has 2 fully saturated rings. The quantitative estimate of drug-likeness (QED) is 0.908. The van der Waals surface area contributed by atoms with E-state index in [2.05, 4.69) is 0 Å². The van der Waals surface area contributed by atoms with Gasteiger partial charge in [-0.05, 0) is 30.4 Å². The second kappa shape index (κ2) is 6.73. The Morgan fingerprint density at radius 3 is 2.50 bits per heavy atom. The van der Waals surface area contributed by atoms with Gasteiger partial charge in [-0.2, -0.15) is 0 Å². The van der Waals surface area contributed by atoms with E-state index >= 15 is 0 Å². The van der Waals surface area contributed by atoms with E-state index in [0.29, 0.717) is 37.6 Å². The Morgan fingerprint density at radius 2 is 1.92 bits per heavy atom. The Morgan fingerprint density at radius 1 is 1.25 bits per heavy atom. The molecule has 0 unspecified atom stereocenters. The molecule has 3 rings (SSSR count). The van der Waals surface area contributed by atoms with Crippen LogP contribution in [0.2, 0.25) is 5.02 Å². The summed E-state index contributed by atoms with van der Waals surface area (Å²) in [5.74, 6) is -1.40. The molecular formula is C18H22ClNO4. The molecule has 2 heterocycles. The van der Waals surface area contributed by atoms with Gasteiger partial charge in [-0.15, -0.1) is 0 Å². The maximum atomic E-state index is 13.4. The standard InChI is InChI=1S/C18H22ClNO4/c1-12-10-20(11-13(12)16(21)22)17(23)18(6-8-24-9-7-18)14-4-2-3-5-15(14)19/h2-5,12-13H,6-11H2,1H3,(H,21,22)/t12-,13-/m1/s1. The van der Waals surface area contributed by atoms with Gasteiger partial charge < -0.3 is 14.7 Å². The summed E-state index contributed by atoms with van der Waals surface area (Å²) in [5.41, 5.74) is 0.107. The molecule has 2 saturated heterocycles. The molecule has 1 aromatic carbocycles. The van der Waals surface area contributed by atoms with Crippen LogP contribution in [0.25, 0.3) is 0 Å². The number of amides is 1. The van der Waals surface area contributed by atoms with Gasteiger partial charge in [0.25, 0.3) is 0 Å². The molecule has 0 saturated carbocycles. The third-order valence-electron chi connectivity index (χ3n) is 5.36. The Kier molecular flexibility index (Phi) is 4.83. The molecule has 0 aliphatic carbocycles. The van der Waals surface area contributed by atoms with Crippen molar-refractivity contribution in [2.45, 2.75) is 25.2 Å². The van der Waals surface area contributed by atoms with Crippen LogP contribution in [-0.2, 0) is 19.7 Å². The van der Waals surface area contributed by atoms with Crippen molar-refractivity contribution in [2.75, 3.05) is 26.3 Å². The van der Waals surface area contributed by atoms with E-state index in [9.17, 15) is 14.7 Å². The number of hydrogen-bond donors (Lipinski definition) is 1. The van der Waals surface area contributed by atoms with Gasteiger partial charge in [-0.25, -0.2) is 0 Å². The van der Waals surface area contributed by atoms with Gasteiger partial charge in [0, 0.05) is 31.3 Å². The lowest BCUT2D eigenvalue weighted by molar-refractivity contribution is -0.143. The molecule has 1 N–H and O–H groups in total. The average Bonchev–Trinajstić information content (AvgIpc) is 2.97. The van der Waals surface area contributed by atoms with Crippen LogP contribution in [0, 0.1) is 11.8 Å². The van der Waals surface area contributed by atoms with Crippen LogP contribution in [0.15, 0.2) is 24.3 Å². The maximum absolute atomic E-state index is 13.4. The summed E-state index contributed by atoms with van der Waals surface area (Å²) in [5, 5.41) is 9.92. The summed E-state index contributed by atoms with van der Waals surface area (Å²) < 4.78 is 5.47. The molecule has 130 valence electrons. The Hall–Kier alpha value is -1.59. The smallest absolute Gasteiger partial charge is 0.308 e. The first-order valence-corrected chi connectivity index (χ1v) is 8.68. The summed E-state index contributed by atoms with van der Waals surface area (Å²) in [6.07, 6.45) is 1.14. The van der Waals surface area contributed by atoms with Crippen LogP contribution in [0.5, 0.6) is 0 Å². The molecule has 1 amide bonds. The number of carboxylic acids is 1. The molecule has 24 heavy (non-hydrogen) atoms. The number of hydrogen-bond acceptors (Lipinski definition) is 3. The topological polar surface area (TPSA) is 66.8 Å². The fourth-order valence-electron chi connectivity index (χ4n) is 3.92. The van der Waals surface area contributed by atoms with Crippen LogP contribution in [0.4, 0.5) is 0 Å². The summed E-state index contributed by atoms with van der Waals surface area (Å²) in [6, 6.07) is 7.44. The lowest BCUT2D eigenvalue weighted by Crippen LogP contribution is -2.49. The predicted molar refractivity (Wildman–Crippen MR) is 90.1 cm³/mol. The van der Waals surface area contributed by atoms with Gasteiger partial charge in [0.05, 0.1) is 11.3 Å². The second-order valence-corrected chi connectivity index (χ2v) is 7.21. The number of nitrogens with zero attached hydrogens (tertiary/aromatic N) is 1. The van der Waals surface area contributed by atoms with Crippen LogP contribution >= 0.6 is 11.6 Å². The molecule has 0 spiro atoms. The minimum Gasteiger partial charge on any atom is -0.481 e. The average molecular weight is 352 g/mol. The lowest BCUT2D eigenvalue weighted by Gasteiger charge is -2.39. The van der Waals surface area contributed by atoms with Gasteiger partial charge in [-0.1, -0.05) is 36.7 Å². The Balaban J connectivity index is 1.94. The summed E-state index contributed by atoms with van der Waals surface area (Å²) in [4.78, 5) is 26.5. The van der Waals surface area contributed by atoms with Crippen molar-refractivity contribution in [3.63, 3.8) is 0 Å². The molecule has 0 aromatic heterocycles. The highest BCUT2D eigenvalue weighted by Gasteiger charge is 2.48. The van der Waals surface area contributed by atoms with E-state index in [-0.39, 0.29) is 18.4 Å². The first-order valence-electron chi connectivity index (χ1n) is 8.30. The van der Waals surface area contributed by atoms with Crippen molar-refractivity contribution >= 4 is 23.5 Å². The molecule has 2 aliphatic heterocycles. The van der Waals surface area contributed by atoms with Gasteiger partial charge in [0.15, 0.2) is 0 Å². The number of halogens is 1. The van der Waals surface area contributed by atoms with Crippen molar-refractivity contribution in [1.29, 1.82) is 0 Å². The van der Waals surface area contributed by atoms with E-state index in [1.54, 1.807) is 11.0 Å². The van der Waals surface area contributed by atoms with Gasteiger partial charge in [0.2, 0.25) is 5.91 Å². The highest BCUT2D eigenvalue weighted by Crippen LogP contribution is 2.41. The first-order chi connectivity index (χ1) is 11.5. The normalized spacial score (nSPS) is 26.3. The van der Waals surface area contributed by atoms with Crippen LogP contribution in [0.1, 0.15) is 25.3 Å². The van der Waals surface area contributed by atoms with Crippen LogP contribution in [0.3, 0.4) is 0 Å². The van der Waals surface area contributed by atoms with Crippen molar-refractivity contribution in [3.8, 4) is 0 Å². The van der Waals surface area contributed by atoms with E-state index < -0.39 is 17.3 Å². The number of likely N-dealkylation sites (tertiary alicyclic amines) is 1. The van der Waals surface area contributed by atoms with Crippen LogP contribution < -0.4 is 0 Å². The lowest BCUT2D eigenvalue weighted by atomic mass is 9.73. The molecule has 5 nitrogen and oxygen atoms in total. The SMILES string of the molecule is C[C@@H]1CN(C(=O)C2(c3ccccc3Cl)CCOCC2)C[C@H]1C(=O)O. The van der Waals surface area contributed by atoms with Gasteiger partial charge in [0.1, 0.15) is 0 Å². The van der Waals surface area contributed by atoms with Crippen LogP contribution in [-0.4, -0.2) is 48.2 Å². The van der Waals surface area contributed by atoms with Crippen molar-refractivity contribution < 1.29 is 19.4 Å². The summed E-state index contributed by atoms with van der Waals surface area (Å²) in [7, 11) is 0. The van der Waals surface area contributed by atoms with E-state index in [0.717, 1.165) is 5.56 Å². The number of carbonyl (C=O) groups excluding carboxylic acids is 1. The summed E-state index contributed by atoms with van der Waals surface area (Å²) >= 11 is 6.40. The summed E-state index contributed by atoms with van der Waals surface area (Å²) in [6.45, 7) is 3.63. The Labute approximate surface area is 146 Å². The third-order valence-corrected chi connectivity index (χ3v) is 5.69. The Bertz CT molecular complexity index is 642. The molecular weight excluding hydrogens is 330 g/mol. The highest BCUT2D eigenvalue weighted by atomic mass is 35.5. The number of aliphatic carboxylic acids is 1. The number of carbonyl (C=O) groups is 2. The minimum atomic E-state index is -0.837. The zero-order valence-corrected chi connectivity index (χ0v) is 14.5. The van der Waals surface area contributed by atoms with Gasteiger partial charge in [-0.3, -0.25) is 9.59 Å². The fraction of sp³-hybridized carbons (Fsp3) is 0.556. The highest BCUT2D eigenvalue weighted by molar-refractivity contribution is 6.31. The number of carboxylic acid groups (broad SMARTS) is 1. The largest absolute Gasteiger partial charge is 0.481 e. The zero-order chi connectivity index (χ0) is 17.3. The minimum absolute atomic E-state index is 0.0190. The first kappa shape index (κ1) is 17.2. The van der Waals surface area contributed by atoms with Gasteiger partial charge >= 0.3 is 5.97 Å². The molecule has 6 heteroatoms. The van der Waals surface area contributed by atoms with Crippen molar-refractivity contribution in [1.82, 2.24) is 4.90 Å². The van der Waals surface area contributed by atoms with Crippen molar-refractivity contribution in [2.24, 2.45) is 11.8 Å². The molecule has 1 aromatic rings. The van der Waals surface area contributed by atoms with Crippen molar-refractivity contribution in [3.05, 3.63) is 34.9 Å². The molecule has 2 atom stereocenters. The maximum Gasteiger partial charge on any atom is 0.308 e. The van der Waals surface area contributed by atoms with E-state index in [1.807, 2.05) is 25.1 Å². The molecule has 0 radical (unpaired) electrons. The number of ether oxygens (including phenoxy) is 1. The number of rotatable bonds is 3. The van der Waals surface area contributed by atoms with E-state index in [1.165, 1.54) is 0 Å². The fourth-order valence-corrected chi connectivity index (χ4v) is 4.24. The monoisotopic (exact) mass is 351 g/mol. The third kappa shape index (κ3) is 2.91. The zero-order valence-electron chi connectivity index (χ0n) is 13.7. The van der Waals surface area contributed by atoms with E-state index in [4.69, 9.17) is 16.3 Å². The molecule has 0 bridgehead atoms. The second-order valence-electron chi connectivity index (χ2n) is 6.81.